The van der Waals surface area contributed by atoms with Gasteiger partial charge in [0, 0.05) is 24.8 Å². The van der Waals surface area contributed by atoms with Gasteiger partial charge in [-0.05, 0) is 18.6 Å². The highest BCUT2D eigenvalue weighted by molar-refractivity contribution is 5.89. The summed E-state index contributed by atoms with van der Waals surface area (Å²) in [6.45, 7) is 1.85. The molecule has 106 valence electrons. The molecule has 0 aromatic heterocycles. The Labute approximate surface area is 115 Å². The third-order valence-corrected chi connectivity index (χ3v) is 2.21. The predicted octanol–water partition coefficient (Wildman–Crippen LogP) is 1.29. The summed E-state index contributed by atoms with van der Waals surface area (Å²) in [5.74, 6) is -1.08. The lowest BCUT2D eigenvalue weighted by Gasteiger charge is -2.01. The average Bonchev–Trinajstić information content (AvgIpc) is 2.43. The molecule has 7 nitrogen and oxygen atoms in total. The molecule has 1 aromatic rings. The summed E-state index contributed by atoms with van der Waals surface area (Å²) in [5.41, 5.74) is 0.428. The molecule has 0 aliphatic heterocycles. The molecule has 0 spiro atoms. The monoisotopic (exact) mass is 278 g/mol. The van der Waals surface area contributed by atoms with Crippen LogP contribution in [0.4, 0.5) is 5.69 Å². The van der Waals surface area contributed by atoms with E-state index in [1.807, 2.05) is 0 Å². The van der Waals surface area contributed by atoms with E-state index in [1.54, 1.807) is 13.0 Å². The smallest absolute Gasteiger partial charge is 0.331 e. The SMILES string of the molecule is CCNC(=O)COC(=O)/C=C/c1cccc([N+](=O)[O-])c1. The Morgan fingerprint density at radius 2 is 2.20 bits per heavy atom. The Bertz CT molecular complexity index is 539. The standard InChI is InChI=1S/C13H14N2O5/c1-2-14-12(16)9-20-13(17)7-6-10-4-3-5-11(8-10)15(18)19/h3-8H,2,9H2,1H3,(H,14,16)/b7-6+. The van der Waals surface area contributed by atoms with Crippen LogP contribution in [0.5, 0.6) is 0 Å². The van der Waals surface area contributed by atoms with Crippen LogP contribution in [0.1, 0.15) is 12.5 Å². The number of esters is 1. The van der Waals surface area contributed by atoms with Crippen molar-refractivity contribution in [1.82, 2.24) is 5.32 Å². The Morgan fingerprint density at radius 3 is 2.85 bits per heavy atom. The van der Waals surface area contributed by atoms with E-state index in [-0.39, 0.29) is 18.2 Å². The minimum absolute atomic E-state index is 0.0668. The number of benzene rings is 1. The topological polar surface area (TPSA) is 98.5 Å². The summed E-state index contributed by atoms with van der Waals surface area (Å²) < 4.78 is 4.68. The van der Waals surface area contributed by atoms with Crippen LogP contribution in [-0.2, 0) is 14.3 Å². The molecule has 0 aliphatic rings. The Morgan fingerprint density at radius 1 is 1.45 bits per heavy atom. The number of carbonyl (C=O) groups is 2. The quantitative estimate of drug-likeness (QED) is 0.366. The summed E-state index contributed by atoms with van der Waals surface area (Å²) in [7, 11) is 0. The molecule has 1 rings (SSSR count). The van der Waals surface area contributed by atoms with Crippen LogP contribution < -0.4 is 5.32 Å². The zero-order valence-corrected chi connectivity index (χ0v) is 10.9. The molecule has 0 saturated heterocycles. The van der Waals surface area contributed by atoms with Gasteiger partial charge in [0.25, 0.3) is 11.6 Å². The number of nitrogens with zero attached hydrogens (tertiary/aromatic N) is 1. The van der Waals surface area contributed by atoms with E-state index in [0.29, 0.717) is 12.1 Å². The molecule has 1 N–H and O–H groups in total. The molecule has 0 heterocycles. The van der Waals surface area contributed by atoms with Gasteiger partial charge in [0.2, 0.25) is 0 Å². The van der Waals surface area contributed by atoms with Gasteiger partial charge in [-0.2, -0.15) is 0 Å². The minimum atomic E-state index is -0.692. The van der Waals surface area contributed by atoms with E-state index >= 15 is 0 Å². The molecule has 0 atom stereocenters. The molecular weight excluding hydrogens is 264 g/mol. The van der Waals surface area contributed by atoms with Crippen LogP contribution >= 0.6 is 0 Å². The summed E-state index contributed by atoms with van der Waals surface area (Å²) in [6.07, 6.45) is 2.49. The third kappa shape index (κ3) is 5.30. The summed E-state index contributed by atoms with van der Waals surface area (Å²) in [4.78, 5) is 32.4. The highest BCUT2D eigenvalue weighted by atomic mass is 16.6. The lowest BCUT2D eigenvalue weighted by atomic mass is 10.2. The maximum Gasteiger partial charge on any atom is 0.331 e. The second-order valence-electron chi connectivity index (χ2n) is 3.75. The number of rotatable bonds is 6. The molecule has 7 heteroatoms. The van der Waals surface area contributed by atoms with Crippen LogP contribution in [0.25, 0.3) is 6.08 Å². The number of nitro groups is 1. The first kappa shape index (κ1) is 15.4. The number of amides is 1. The fourth-order valence-corrected chi connectivity index (χ4v) is 1.34. The zero-order chi connectivity index (χ0) is 15.0. The number of carbonyl (C=O) groups excluding carboxylic acids is 2. The molecular formula is C13H14N2O5. The highest BCUT2D eigenvalue weighted by Crippen LogP contribution is 2.14. The van der Waals surface area contributed by atoms with Crippen LogP contribution in [0.15, 0.2) is 30.3 Å². The molecule has 0 unspecified atom stereocenters. The molecule has 0 bridgehead atoms. The summed E-state index contributed by atoms with van der Waals surface area (Å²) in [5, 5.41) is 13.1. The maximum atomic E-state index is 11.3. The fourth-order valence-electron chi connectivity index (χ4n) is 1.34. The molecule has 1 amide bonds. The van der Waals surface area contributed by atoms with Crippen molar-refractivity contribution in [3.63, 3.8) is 0 Å². The zero-order valence-electron chi connectivity index (χ0n) is 10.9. The number of nitrogens with one attached hydrogen (secondary N) is 1. The van der Waals surface area contributed by atoms with Gasteiger partial charge in [-0.1, -0.05) is 12.1 Å². The molecule has 0 fully saturated rings. The molecule has 0 radical (unpaired) electrons. The first-order valence-electron chi connectivity index (χ1n) is 5.89. The van der Waals surface area contributed by atoms with E-state index in [9.17, 15) is 19.7 Å². The predicted molar refractivity (Wildman–Crippen MR) is 71.8 cm³/mol. The second-order valence-corrected chi connectivity index (χ2v) is 3.75. The highest BCUT2D eigenvalue weighted by Gasteiger charge is 2.05. The summed E-state index contributed by atoms with van der Waals surface area (Å²) in [6, 6.07) is 5.80. The largest absolute Gasteiger partial charge is 0.452 e. The number of hydrogen-bond acceptors (Lipinski definition) is 5. The Kier molecular flexibility index (Phi) is 5.89. The number of nitro benzene ring substituents is 1. The second kappa shape index (κ2) is 7.67. The van der Waals surface area contributed by atoms with E-state index in [1.165, 1.54) is 24.3 Å². The fraction of sp³-hybridized carbons (Fsp3) is 0.231. The van der Waals surface area contributed by atoms with Crippen molar-refractivity contribution in [2.45, 2.75) is 6.92 Å². The lowest BCUT2D eigenvalue weighted by molar-refractivity contribution is -0.384. The normalized spacial score (nSPS) is 10.2. The Balaban J connectivity index is 2.55. The molecule has 1 aromatic carbocycles. The molecule has 20 heavy (non-hydrogen) atoms. The lowest BCUT2D eigenvalue weighted by Crippen LogP contribution is -2.28. The van der Waals surface area contributed by atoms with Gasteiger partial charge in [0.05, 0.1) is 4.92 Å². The Hall–Kier alpha value is -2.70. The van der Waals surface area contributed by atoms with Gasteiger partial charge < -0.3 is 10.1 Å². The van der Waals surface area contributed by atoms with Crippen molar-refractivity contribution in [2.75, 3.05) is 13.2 Å². The van der Waals surface area contributed by atoms with Gasteiger partial charge in [-0.25, -0.2) is 4.79 Å². The van der Waals surface area contributed by atoms with Crippen molar-refractivity contribution in [2.24, 2.45) is 0 Å². The molecule has 0 aliphatic carbocycles. The van der Waals surface area contributed by atoms with E-state index < -0.39 is 10.9 Å². The van der Waals surface area contributed by atoms with Gasteiger partial charge in [-0.3, -0.25) is 14.9 Å². The third-order valence-electron chi connectivity index (χ3n) is 2.21. The van der Waals surface area contributed by atoms with Crippen molar-refractivity contribution in [1.29, 1.82) is 0 Å². The van der Waals surface area contributed by atoms with Gasteiger partial charge >= 0.3 is 5.97 Å². The van der Waals surface area contributed by atoms with E-state index in [2.05, 4.69) is 10.1 Å². The molecule has 0 saturated carbocycles. The van der Waals surface area contributed by atoms with Crippen molar-refractivity contribution < 1.29 is 19.2 Å². The summed E-state index contributed by atoms with van der Waals surface area (Å²) >= 11 is 0. The van der Waals surface area contributed by atoms with Crippen molar-refractivity contribution in [3.05, 3.63) is 46.0 Å². The number of non-ortho nitro benzene ring substituents is 1. The maximum absolute atomic E-state index is 11.3. The van der Waals surface area contributed by atoms with Crippen LogP contribution in [0.2, 0.25) is 0 Å². The van der Waals surface area contributed by atoms with Gasteiger partial charge in [0.15, 0.2) is 6.61 Å². The number of hydrogen-bond donors (Lipinski definition) is 1. The minimum Gasteiger partial charge on any atom is -0.452 e. The van der Waals surface area contributed by atoms with Crippen molar-refractivity contribution >= 4 is 23.6 Å². The van der Waals surface area contributed by atoms with E-state index in [4.69, 9.17) is 0 Å². The average molecular weight is 278 g/mol. The van der Waals surface area contributed by atoms with Crippen molar-refractivity contribution in [3.8, 4) is 0 Å². The number of likely N-dealkylation sites (N-methyl/N-ethyl adjacent to an activating group) is 1. The number of ether oxygens (including phenoxy) is 1. The first-order chi connectivity index (χ1) is 9.52. The van der Waals surface area contributed by atoms with Crippen LogP contribution in [-0.4, -0.2) is 30.0 Å². The van der Waals surface area contributed by atoms with Crippen LogP contribution in [0, 0.1) is 10.1 Å². The van der Waals surface area contributed by atoms with Gasteiger partial charge in [-0.15, -0.1) is 0 Å². The first-order valence-corrected chi connectivity index (χ1v) is 5.89. The van der Waals surface area contributed by atoms with Gasteiger partial charge in [0.1, 0.15) is 0 Å². The van der Waals surface area contributed by atoms with E-state index in [0.717, 1.165) is 6.08 Å². The van der Waals surface area contributed by atoms with Crippen LogP contribution in [0.3, 0.4) is 0 Å².